The van der Waals surface area contributed by atoms with E-state index in [-0.39, 0.29) is 0 Å². The number of hydrogen-bond acceptors (Lipinski definition) is 4. The quantitative estimate of drug-likeness (QED) is 0.727. The van der Waals surface area contributed by atoms with E-state index in [2.05, 4.69) is 45.2 Å². The summed E-state index contributed by atoms with van der Waals surface area (Å²) in [4.78, 5) is 11.4. The number of aromatic nitrogens is 2. The van der Waals surface area contributed by atoms with Crippen molar-refractivity contribution < 1.29 is 4.74 Å². The van der Waals surface area contributed by atoms with E-state index in [0.717, 1.165) is 48.8 Å². The van der Waals surface area contributed by atoms with Crippen molar-refractivity contribution in [3.63, 3.8) is 0 Å². The molecule has 1 aliphatic heterocycles. The lowest BCUT2D eigenvalue weighted by Crippen LogP contribution is -2.36. The molecule has 0 saturated carbocycles. The van der Waals surface area contributed by atoms with Gasteiger partial charge in [0.25, 0.3) is 0 Å². The molecule has 22 heavy (non-hydrogen) atoms. The van der Waals surface area contributed by atoms with Gasteiger partial charge in [-0.3, -0.25) is 4.98 Å². The maximum atomic E-state index is 5.38. The summed E-state index contributed by atoms with van der Waals surface area (Å²) in [5.74, 6) is 1.01. The SMILES string of the molecule is c1ccc2cc(-c3ccc(N4CCOCC4)nc3)ncc2c1. The maximum Gasteiger partial charge on any atom is 0.128 e. The highest BCUT2D eigenvalue weighted by Gasteiger charge is 2.12. The van der Waals surface area contributed by atoms with Crippen LogP contribution >= 0.6 is 0 Å². The summed E-state index contributed by atoms with van der Waals surface area (Å²) in [7, 11) is 0. The molecule has 110 valence electrons. The van der Waals surface area contributed by atoms with Gasteiger partial charge in [-0.15, -0.1) is 0 Å². The van der Waals surface area contributed by atoms with Crippen LogP contribution in [0.15, 0.2) is 54.9 Å². The molecule has 0 N–H and O–H groups in total. The highest BCUT2D eigenvalue weighted by molar-refractivity contribution is 5.85. The Morgan fingerprint density at radius 3 is 2.45 bits per heavy atom. The van der Waals surface area contributed by atoms with Crippen LogP contribution in [0.25, 0.3) is 22.0 Å². The van der Waals surface area contributed by atoms with E-state index in [1.807, 2.05) is 24.5 Å². The molecule has 4 rings (SSSR count). The summed E-state index contributed by atoms with van der Waals surface area (Å²) in [6, 6.07) is 14.5. The molecule has 0 spiro atoms. The molecule has 4 heteroatoms. The van der Waals surface area contributed by atoms with E-state index >= 15 is 0 Å². The fraction of sp³-hybridized carbons (Fsp3) is 0.222. The van der Waals surface area contributed by atoms with Crippen LogP contribution in [-0.2, 0) is 4.74 Å². The molecule has 0 radical (unpaired) electrons. The van der Waals surface area contributed by atoms with Crippen molar-refractivity contribution >= 4 is 16.6 Å². The number of benzene rings is 1. The van der Waals surface area contributed by atoms with E-state index in [0.29, 0.717) is 0 Å². The van der Waals surface area contributed by atoms with Gasteiger partial charge >= 0.3 is 0 Å². The molecule has 4 nitrogen and oxygen atoms in total. The molecular weight excluding hydrogens is 274 g/mol. The van der Waals surface area contributed by atoms with Crippen molar-refractivity contribution in [1.82, 2.24) is 9.97 Å². The van der Waals surface area contributed by atoms with Gasteiger partial charge in [-0.05, 0) is 23.6 Å². The Balaban J connectivity index is 1.63. The third-order valence-electron chi connectivity index (χ3n) is 4.01. The van der Waals surface area contributed by atoms with Crippen LogP contribution in [0.3, 0.4) is 0 Å². The van der Waals surface area contributed by atoms with Gasteiger partial charge in [-0.2, -0.15) is 0 Å². The third-order valence-corrected chi connectivity index (χ3v) is 4.01. The third kappa shape index (κ3) is 2.53. The van der Waals surface area contributed by atoms with Gasteiger partial charge in [0.15, 0.2) is 0 Å². The molecule has 3 heterocycles. The highest BCUT2D eigenvalue weighted by atomic mass is 16.5. The highest BCUT2D eigenvalue weighted by Crippen LogP contribution is 2.23. The average Bonchev–Trinajstić information content (AvgIpc) is 2.62. The molecule has 0 atom stereocenters. The van der Waals surface area contributed by atoms with Crippen molar-refractivity contribution in [1.29, 1.82) is 0 Å². The predicted molar refractivity (Wildman–Crippen MR) is 88.0 cm³/mol. The molecule has 0 unspecified atom stereocenters. The number of fused-ring (bicyclic) bond motifs is 1. The fourth-order valence-corrected chi connectivity index (χ4v) is 2.76. The first-order chi connectivity index (χ1) is 10.9. The van der Waals surface area contributed by atoms with Gasteiger partial charge in [0.05, 0.1) is 18.9 Å². The molecular formula is C18H17N3O. The first-order valence-electron chi connectivity index (χ1n) is 7.54. The molecule has 1 saturated heterocycles. The van der Waals surface area contributed by atoms with Gasteiger partial charge in [0, 0.05) is 36.4 Å². The van der Waals surface area contributed by atoms with Gasteiger partial charge in [-0.1, -0.05) is 24.3 Å². The largest absolute Gasteiger partial charge is 0.378 e. The number of anilines is 1. The minimum atomic E-state index is 0.773. The van der Waals surface area contributed by atoms with Crippen molar-refractivity contribution in [2.24, 2.45) is 0 Å². The summed E-state index contributed by atoms with van der Waals surface area (Å²) in [5.41, 5.74) is 2.00. The first-order valence-corrected chi connectivity index (χ1v) is 7.54. The number of hydrogen-bond donors (Lipinski definition) is 0. The van der Waals surface area contributed by atoms with E-state index < -0.39 is 0 Å². The number of rotatable bonds is 2. The van der Waals surface area contributed by atoms with Gasteiger partial charge < -0.3 is 9.64 Å². The topological polar surface area (TPSA) is 38.2 Å². The summed E-state index contributed by atoms with van der Waals surface area (Å²) < 4.78 is 5.38. The standard InChI is InChI=1S/C18H17N3O/c1-2-4-15-12-19-17(11-14(15)3-1)16-5-6-18(20-13-16)21-7-9-22-10-8-21/h1-6,11-13H,7-10H2. The molecule has 3 aromatic rings. The predicted octanol–water partition coefficient (Wildman–Crippen LogP) is 3.13. The Labute approximate surface area is 129 Å². The monoisotopic (exact) mass is 291 g/mol. The molecule has 0 amide bonds. The zero-order valence-electron chi connectivity index (χ0n) is 12.3. The van der Waals surface area contributed by atoms with Crippen LogP contribution in [0.1, 0.15) is 0 Å². The van der Waals surface area contributed by atoms with Gasteiger partial charge in [-0.25, -0.2) is 4.98 Å². The minimum absolute atomic E-state index is 0.773. The lowest BCUT2D eigenvalue weighted by molar-refractivity contribution is 0.122. The van der Waals surface area contributed by atoms with Crippen molar-refractivity contribution in [3.8, 4) is 11.3 Å². The second kappa shape index (κ2) is 5.73. The van der Waals surface area contributed by atoms with E-state index in [1.54, 1.807) is 0 Å². The second-order valence-electron chi connectivity index (χ2n) is 5.42. The summed E-state index contributed by atoms with van der Waals surface area (Å²) >= 11 is 0. The Hall–Kier alpha value is -2.46. The zero-order valence-corrected chi connectivity index (χ0v) is 12.3. The first kappa shape index (κ1) is 13.2. The van der Waals surface area contributed by atoms with Crippen LogP contribution in [0, 0.1) is 0 Å². The van der Waals surface area contributed by atoms with Gasteiger partial charge in [0.1, 0.15) is 5.82 Å². The smallest absolute Gasteiger partial charge is 0.128 e. The number of morpholine rings is 1. The van der Waals surface area contributed by atoms with Crippen LogP contribution in [-0.4, -0.2) is 36.3 Å². The summed E-state index contributed by atoms with van der Waals surface area (Å²) in [6.07, 6.45) is 3.82. The summed E-state index contributed by atoms with van der Waals surface area (Å²) in [6.45, 7) is 3.35. The Kier molecular flexibility index (Phi) is 3.45. The Morgan fingerprint density at radius 2 is 1.68 bits per heavy atom. The molecule has 2 aromatic heterocycles. The molecule has 1 aliphatic rings. The molecule has 0 aliphatic carbocycles. The number of ether oxygens (including phenoxy) is 1. The Morgan fingerprint density at radius 1 is 0.864 bits per heavy atom. The second-order valence-corrected chi connectivity index (χ2v) is 5.42. The van der Waals surface area contributed by atoms with Crippen molar-refractivity contribution in [2.45, 2.75) is 0 Å². The van der Waals surface area contributed by atoms with E-state index in [1.165, 1.54) is 5.39 Å². The van der Waals surface area contributed by atoms with Crippen molar-refractivity contribution in [2.75, 3.05) is 31.2 Å². The van der Waals surface area contributed by atoms with Crippen LogP contribution in [0.4, 0.5) is 5.82 Å². The number of nitrogens with zero attached hydrogens (tertiary/aromatic N) is 3. The van der Waals surface area contributed by atoms with E-state index in [9.17, 15) is 0 Å². The van der Waals surface area contributed by atoms with Crippen molar-refractivity contribution in [3.05, 3.63) is 54.9 Å². The number of pyridine rings is 2. The molecule has 1 aromatic carbocycles. The van der Waals surface area contributed by atoms with E-state index in [4.69, 9.17) is 4.74 Å². The van der Waals surface area contributed by atoms with Crippen LogP contribution < -0.4 is 4.90 Å². The normalized spacial score (nSPS) is 15.2. The zero-order chi connectivity index (χ0) is 14.8. The van der Waals surface area contributed by atoms with Crippen LogP contribution in [0.2, 0.25) is 0 Å². The Bertz CT molecular complexity index is 780. The summed E-state index contributed by atoms with van der Waals surface area (Å²) in [5, 5.41) is 2.36. The maximum absolute atomic E-state index is 5.38. The average molecular weight is 291 g/mol. The lowest BCUT2D eigenvalue weighted by atomic mass is 10.1. The minimum Gasteiger partial charge on any atom is -0.378 e. The lowest BCUT2D eigenvalue weighted by Gasteiger charge is -2.27. The van der Waals surface area contributed by atoms with Gasteiger partial charge in [0.2, 0.25) is 0 Å². The molecule has 1 fully saturated rings. The van der Waals surface area contributed by atoms with Crippen LogP contribution in [0.5, 0.6) is 0 Å². The molecule has 0 bridgehead atoms. The fourth-order valence-electron chi connectivity index (χ4n) is 2.76.